The average molecular weight is 319 g/mol. The van der Waals surface area contributed by atoms with Gasteiger partial charge in [-0.1, -0.05) is 5.16 Å². The predicted octanol–water partition coefficient (Wildman–Crippen LogP) is 1.50. The Hall–Kier alpha value is -0.690. The van der Waals surface area contributed by atoms with Gasteiger partial charge in [0.05, 0.1) is 13.2 Å². The third kappa shape index (κ3) is 6.30. The highest BCUT2D eigenvalue weighted by Gasteiger charge is 2.20. The van der Waals surface area contributed by atoms with Gasteiger partial charge in [-0.25, -0.2) is 0 Å². The molecule has 1 fully saturated rings. The lowest BCUT2D eigenvalue weighted by atomic mass is 9.93. The van der Waals surface area contributed by atoms with Gasteiger partial charge in [0, 0.05) is 13.5 Å². The highest BCUT2D eigenvalue weighted by atomic mass is 35.5. The van der Waals surface area contributed by atoms with Crippen LogP contribution in [0.25, 0.3) is 0 Å². The van der Waals surface area contributed by atoms with E-state index < -0.39 is 0 Å². The van der Waals surface area contributed by atoms with Crippen LogP contribution in [0.4, 0.5) is 0 Å². The maximum absolute atomic E-state index is 5.29. The van der Waals surface area contributed by atoms with Gasteiger partial charge in [-0.05, 0) is 51.9 Å². The fourth-order valence-electron chi connectivity index (χ4n) is 2.62. The second-order valence-corrected chi connectivity index (χ2v) is 5.46. The van der Waals surface area contributed by atoms with Gasteiger partial charge in [0.25, 0.3) is 0 Å². The van der Waals surface area contributed by atoms with Crippen molar-refractivity contribution >= 4 is 12.4 Å². The van der Waals surface area contributed by atoms with E-state index in [1.54, 1.807) is 7.11 Å². The van der Waals surface area contributed by atoms with E-state index in [1.165, 1.54) is 19.3 Å². The van der Waals surface area contributed by atoms with E-state index in [-0.39, 0.29) is 12.4 Å². The summed E-state index contributed by atoms with van der Waals surface area (Å²) in [7, 11) is 3.70. The molecule has 0 radical (unpaired) electrons. The predicted molar refractivity (Wildman–Crippen MR) is 83.7 cm³/mol. The van der Waals surface area contributed by atoms with Crippen LogP contribution in [0.5, 0.6) is 0 Å². The Labute approximate surface area is 133 Å². The van der Waals surface area contributed by atoms with Crippen LogP contribution in [-0.4, -0.2) is 55.4 Å². The molecule has 0 bridgehead atoms. The van der Waals surface area contributed by atoms with Gasteiger partial charge in [-0.2, -0.15) is 4.98 Å². The highest BCUT2D eigenvalue weighted by Crippen LogP contribution is 2.21. The number of nitrogens with zero attached hydrogens (tertiary/aromatic N) is 3. The zero-order valence-corrected chi connectivity index (χ0v) is 13.8. The Morgan fingerprint density at radius 2 is 2.14 bits per heavy atom. The van der Waals surface area contributed by atoms with E-state index in [4.69, 9.17) is 9.26 Å². The Morgan fingerprint density at radius 3 is 2.81 bits per heavy atom. The molecule has 2 rings (SSSR count). The van der Waals surface area contributed by atoms with Crippen LogP contribution in [0.2, 0.25) is 0 Å². The first-order valence-corrected chi connectivity index (χ1v) is 7.49. The lowest BCUT2D eigenvalue weighted by Gasteiger charge is -2.30. The van der Waals surface area contributed by atoms with Crippen LogP contribution in [0.1, 0.15) is 31.0 Å². The van der Waals surface area contributed by atoms with Gasteiger partial charge in [-0.3, -0.25) is 4.90 Å². The molecule has 122 valence electrons. The van der Waals surface area contributed by atoms with Gasteiger partial charge < -0.3 is 14.6 Å². The first-order chi connectivity index (χ1) is 9.81. The summed E-state index contributed by atoms with van der Waals surface area (Å²) in [4.78, 5) is 6.81. The van der Waals surface area contributed by atoms with Crippen molar-refractivity contribution in [3.8, 4) is 0 Å². The van der Waals surface area contributed by atoms with Crippen molar-refractivity contribution < 1.29 is 9.26 Å². The van der Waals surface area contributed by atoms with Crippen LogP contribution in [0, 0.1) is 5.92 Å². The highest BCUT2D eigenvalue weighted by molar-refractivity contribution is 5.85. The largest absolute Gasteiger partial charge is 0.384 e. The number of likely N-dealkylation sites (tertiary alicyclic amines) is 1. The van der Waals surface area contributed by atoms with E-state index in [9.17, 15) is 0 Å². The van der Waals surface area contributed by atoms with Crippen LogP contribution in [0.15, 0.2) is 4.52 Å². The molecular formula is C14H27ClN4O2. The molecule has 7 heteroatoms. The lowest BCUT2D eigenvalue weighted by molar-refractivity contribution is 0.155. The van der Waals surface area contributed by atoms with Crippen molar-refractivity contribution in [2.45, 2.75) is 32.2 Å². The second kappa shape index (κ2) is 10.1. The number of piperidine rings is 1. The fourth-order valence-corrected chi connectivity index (χ4v) is 2.62. The SMILES string of the molecule is CNCCC1CCN(Cc2nc(CCOC)no2)CC1.Cl. The van der Waals surface area contributed by atoms with Crippen molar-refractivity contribution in [3.63, 3.8) is 0 Å². The summed E-state index contributed by atoms with van der Waals surface area (Å²) in [6, 6.07) is 0. The van der Waals surface area contributed by atoms with Crippen molar-refractivity contribution in [2.75, 3.05) is 40.4 Å². The summed E-state index contributed by atoms with van der Waals surface area (Å²) in [6.45, 7) is 4.79. The minimum Gasteiger partial charge on any atom is -0.384 e. The standard InChI is InChI=1S/C14H26N4O2.ClH/c1-15-7-3-12-4-8-18(9-5-12)11-14-16-13(17-20-14)6-10-19-2;/h12,15H,3-11H2,1-2H3;1H. The molecule has 1 aromatic heterocycles. The number of aromatic nitrogens is 2. The van der Waals surface area contributed by atoms with Crippen molar-refractivity contribution in [1.82, 2.24) is 20.4 Å². The normalized spacial score (nSPS) is 16.9. The minimum absolute atomic E-state index is 0. The summed E-state index contributed by atoms with van der Waals surface area (Å²) >= 11 is 0. The number of rotatable bonds is 8. The van der Waals surface area contributed by atoms with Gasteiger partial charge in [0.1, 0.15) is 0 Å². The van der Waals surface area contributed by atoms with Crippen LogP contribution < -0.4 is 5.32 Å². The number of hydrogen-bond donors (Lipinski definition) is 1. The molecule has 1 aromatic rings. The molecule has 0 spiro atoms. The maximum Gasteiger partial charge on any atom is 0.240 e. The van der Waals surface area contributed by atoms with Crippen molar-refractivity contribution in [2.24, 2.45) is 5.92 Å². The van der Waals surface area contributed by atoms with Gasteiger partial charge in [0.2, 0.25) is 5.89 Å². The zero-order chi connectivity index (χ0) is 14.2. The minimum atomic E-state index is 0. The third-order valence-electron chi connectivity index (χ3n) is 3.91. The number of hydrogen-bond acceptors (Lipinski definition) is 6. The maximum atomic E-state index is 5.29. The van der Waals surface area contributed by atoms with E-state index in [0.29, 0.717) is 13.0 Å². The number of methoxy groups -OCH3 is 1. The summed E-state index contributed by atoms with van der Waals surface area (Å²) in [5, 5.41) is 7.20. The molecule has 1 aliphatic rings. The number of halogens is 1. The van der Waals surface area contributed by atoms with E-state index >= 15 is 0 Å². The van der Waals surface area contributed by atoms with E-state index in [1.807, 2.05) is 7.05 Å². The molecule has 0 unspecified atom stereocenters. The molecule has 0 saturated carbocycles. The number of ether oxygens (including phenoxy) is 1. The molecule has 0 atom stereocenters. The zero-order valence-electron chi connectivity index (χ0n) is 13.0. The quantitative estimate of drug-likeness (QED) is 0.784. The molecular weight excluding hydrogens is 292 g/mol. The van der Waals surface area contributed by atoms with Gasteiger partial charge in [-0.15, -0.1) is 12.4 Å². The molecule has 1 saturated heterocycles. The lowest BCUT2D eigenvalue weighted by Crippen LogP contribution is -2.34. The van der Waals surface area contributed by atoms with Crippen molar-refractivity contribution in [3.05, 3.63) is 11.7 Å². The molecule has 6 nitrogen and oxygen atoms in total. The van der Waals surface area contributed by atoms with Crippen LogP contribution in [0.3, 0.4) is 0 Å². The second-order valence-electron chi connectivity index (χ2n) is 5.46. The van der Waals surface area contributed by atoms with E-state index in [0.717, 1.165) is 43.8 Å². The fraction of sp³-hybridized carbons (Fsp3) is 0.857. The molecule has 0 amide bonds. The topological polar surface area (TPSA) is 63.4 Å². The molecule has 0 aliphatic carbocycles. The number of nitrogens with one attached hydrogen (secondary N) is 1. The first-order valence-electron chi connectivity index (χ1n) is 7.49. The first kappa shape index (κ1) is 18.4. The molecule has 0 aromatic carbocycles. The summed E-state index contributed by atoms with van der Waals surface area (Å²) in [5.74, 6) is 2.33. The van der Waals surface area contributed by atoms with Gasteiger partial charge >= 0.3 is 0 Å². The monoisotopic (exact) mass is 318 g/mol. The average Bonchev–Trinajstić information content (AvgIpc) is 2.92. The van der Waals surface area contributed by atoms with Crippen LogP contribution in [-0.2, 0) is 17.7 Å². The summed E-state index contributed by atoms with van der Waals surface area (Å²) in [6.07, 6.45) is 4.54. The molecule has 1 aliphatic heterocycles. The Bertz CT molecular complexity index is 381. The smallest absolute Gasteiger partial charge is 0.240 e. The Morgan fingerprint density at radius 1 is 1.38 bits per heavy atom. The Kier molecular flexibility index (Phi) is 8.84. The summed E-state index contributed by atoms with van der Waals surface area (Å²) < 4.78 is 10.3. The summed E-state index contributed by atoms with van der Waals surface area (Å²) in [5.41, 5.74) is 0. The van der Waals surface area contributed by atoms with Gasteiger partial charge in [0.15, 0.2) is 5.82 Å². The van der Waals surface area contributed by atoms with E-state index in [2.05, 4.69) is 20.4 Å². The van der Waals surface area contributed by atoms with Crippen molar-refractivity contribution in [1.29, 1.82) is 0 Å². The third-order valence-corrected chi connectivity index (χ3v) is 3.91. The molecule has 2 heterocycles. The molecule has 21 heavy (non-hydrogen) atoms. The van der Waals surface area contributed by atoms with Crippen LogP contribution >= 0.6 is 12.4 Å². The Balaban J connectivity index is 0.00000220. The molecule has 1 N–H and O–H groups in total.